The Labute approximate surface area is 279 Å². The largest absolute Gasteiger partial charge is 0.555 e. The summed E-state index contributed by atoms with van der Waals surface area (Å²) >= 11 is 0.778. The van der Waals surface area contributed by atoms with E-state index in [2.05, 4.69) is 16.1 Å². The van der Waals surface area contributed by atoms with Gasteiger partial charge in [-0.3, -0.25) is 20.1 Å². The van der Waals surface area contributed by atoms with Crippen LogP contribution >= 0.6 is 27.4 Å². The quantitative estimate of drug-likeness (QED) is 0.0502. The smallest absolute Gasteiger partial charge is 0.442 e. The summed E-state index contributed by atoms with van der Waals surface area (Å²) in [5.41, 5.74) is 11.0. The summed E-state index contributed by atoms with van der Waals surface area (Å²) in [7, 11) is -8.96. The first-order valence-electron chi connectivity index (χ1n) is 14.2. The summed E-state index contributed by atoms with van der Waals surface area (Å²) in [5, 5.41) is 12.2. The van der Waals surface area contributed by atoms with Crippen LogP contribution < -0.4 is 32.5 Å². The molecule has 1 saturated heterocycles. The second-order valence-electron chi connectivity index (χ2n) is 10.6. The molecule has 19 heteroatoms. The number of benzene rings is 3. The Kier molecular flexibility index (Phi) is 12.3. The van der Waals surface area contributed by atoms with Crippen molar-refractivity contribution in [1.82, 2.24) is 16.1 Å². The molecule has 3 atom stereocenters. The fraction of sp³-hybridized carbons (Fsp3) is 0.241. The molecular formula is C29H34FN6O9P2S+. The highest BCUT2D eigenvalue weighted by Crippen LogP contribution is 2.61. The molecule has 48 heavy (non-hydrogen) atoms. The Hall–Kier alpha value is -3.89. The van der Waals surface area contributed by atoms with E-state index in [1.165, 1.54) is 41.4 Å². The normalized spacial score (nSPS) is 16.7. The van der Waals surface area contributed by atoms with Gasteiger partial charge in [0.25, 0.3) is 5.24 Å². The van der Waals surface area contributed by atoms with Gasteiger partial charge in [0.15, 0.2) is 0 Å². The molecule has 256 valence electrons. The Bertz CT molecular complexity index is 1730. The molecule has 1 aliphatic heterocycles. The van der Waals surface area contributed by atoms with E-state index in [1.54, 1.807) is 24.3 Å². The van der Waals surface area contributed by atoms with Gasteiger partial charge in [-0.15, -0.1) is 0 Å². The van der Waals surface area contributed by atoms with Crippen LogP contribution in [0.3, 0.4) is 0 Å². The van der Waals surface area contributed by atoms with Gasteiger partial charge in [0.2, 0.25) is 0 Å². The van der Waals surface area contributed by atoms with Crippen LogP contribution in [-0.2, 0) is 26.8 Å². The number of anilines is 1. The zero-order valence-corrected chi connectivity index (χ0v) is 27.8. The lowest BCUT2D eigenvalue weighted by atomic mass is 10.0. The molecule has 1 heterocycles. The number of nitrogens with two attached hydrogens (primary N) is 2. The fourth-order valence-electron chi connectivity index (χ4n) is 4.62. The Morgan fingerprint density at radius 3 is 2.40 bits per heavy atom. The first kappa shape index (κ1) is 36.9. The highest BCUT2D eigenvalue weighted by atomic mass is 32.2. The molecule has 2 amide bonds. The average molecular weight is 724 g/mol. The molecule has 0 radical (unpaired) electrons. The molecule has 3 aromatic rings. The van der Waals surface area contributed by atoms with Crippen LogP contribution in [0, 0.1) is 5.82 Å². The number of rotatable bonds is 14. The molecule has 4 rings (SSSR count). The maximum Gasteiger partial charge on any atom is 0.555 e. The fourth-order valence-corrected chi connectivity index (χ4v) is 6.86. The molecule has 0 spiro atoms. The van der Waals surface area contributed by atoms with Crippen LogP contribution in [0.4, 0.5) is 19.7 Å². The molecule has 0 bridgehead atoms. The number of cyclic esters (lactones) is 1. The van der Waals surface area contributed by atoms with E-state index in [9.17, 15) is 38.5 Å². The van der Waals surface area contributed by atoms with Gasteiger partial charge in [0, 0.05) is 29.7 Å². The summed E-state index contributed by atoms with van der Waals surface area (Å²) in [6.07, 6.45) is -0.825. The van der Waals surface area contributed by atoms with Crippen molar-refractivity contribution in [2.45, 2.75) is 29.0 Å². The number of aliphatic hydroxyl groups is 1. The zero-order chi connectivity index (χ0) is 35.1. The maximum absolute atomic E-state index is 15.2. The Morgan fingerprint density at radius 2 is 1.81 bits per heavy atom. The standard InChI is InChI=1S/C29H33FN6O9P2S/c30-26-11-22(7-10-25(26)20-5-1-19(2-6-20)14-33-15-21(13-31)35-32)36-17-23(45-28(36)38)16-34-27(37)48-24-8-3-18(4-9-24)12-29(39,46(40)41)47(42,43)44/h1-11,13,23,33,35,39H,12,14-17,31-32H2,(H3-,34,37,40,41,42,43,44)/p+1/b21-13-/t23-,29?/m0/s1. The van der Waals surface area contributed by atoms with Crippen molar-refractivity contribution in [3.8, 4) is 11.1 Å². The van der Waals surface area contributed by atoms with Gasteiger partial charge < -0.3 is 41.4 Å². The summed E-state index contributed by atoms with van der Waals surface area (Å²) in [5.74, 6) is 4.82. The molecule has 11 N–H and O–H groups in total. The van der Waals surface area contributed by atoms with E-state index >= 15 is 4.39 Å². The van der Waals surface area contributed by atoms with E-state index in [0.29, 0.717) is 40.5 Å². The van der Waals surface area contributed by atoms with Gasteiger partial charge >= 0.3 is 26.8 Å². The van der Waals surface area contributed by atoms with E-state index in [4.69, 9.17) is 16.3 Å². The van der Waals surface area contributed by atoms with Crippen LogP contribution in [-0.4, -0.2) is 61.9 Å². The molecule has 3 aromatic carbocycles. The molecule has 0 aromatic heterocycles. The number of nitrogens with one attached hydrogen (secondary N) is 3. The first-order valence-corrected chi connectivity index (χ1v) is 17.8. The Morgan fingerprint density at radius 1 is 1.15 bits per heavy atom. The van der Waals surface area contributed by atoms with Crippen molar-refractivity contribution < 1.29 is 47.6 Å². The van der Waals surface area contributed by atoms with Crippen molar-refractivity contribution in [3.63, 3.8) is 0 Å². The summed E-state index contributed by atoms with van der Waals surface area (Å²) in [6.45, 7) is 1.03. The molecule has 1 fully saturated rings. The predicted octanol–water partition coefficient (Wildman–Crippen LogP) is 2.77. The highest BCUT2D eigenvalue weighted by molar-refractivity contribution is 8.13. The third kappa shape index (κ3) is 9.17. The van der Waals surface area contributed by atoms with Gasteiger partial charge in [-0.2, -0.15) is 4.89 Å². The van der Waals surface area contributed by atoms with E-state index in [0.717, 1.165) is 17.3 Å². The number of hydrogen-bond acceptors (Lipinski definition) is 11. The number of halogens is 1. The predicted molar refractivity (Wildman–Crippen MR) is 177 cm³/mol. The number of nitrogens with zero attached hydrogens (tertiary/aromatic N) is 1. The van der Waals surface area contributed by atoms with Gasteiger partial charge in [-0.1, -0.05) is 36.4 Å². The van der Waals surface area contributed by atoms with Crippen LogP contribution in [0.15, 0.2) is 83.5 Å². The second-order valence-corrected chi connectivity index (χ2v) is 15.1. The van der Waals surface area contributed by atoms with Gasteiger partial charge in [0.1, 0.15) is 11.9 Å². The number of carbonyl (C=O) groups is 2. The molecule has 0 saturated carbocycles. The van der Waals surface area contributed by atoms with Crippen molar-refractivity contribution >= 4 is 44.4 Å². The van der Waals surface area contributed by atoms with E-state index < -0.39 is 50.4 Å². The van der Waals surface area contributed by atoms with Crippen LogP contribution in [0.2, 0.25) is 0 Å². The highest BCUT2D eigenvalue weighted by Gasteiger charge is 2.62. The SMILES string of the molecule is N/C=C(/CNCc1ccc(-c2ccc(N3C[C@H](CNC(=O)Sc4ccc(CC(O)([P+](=O)O)P(=O)(O)O)cc4)OC3=O)cc2F)cc1)NN. The number of ether oxygens (including phenoxy) is 1. The summed E-state index contributed by atoms with van der Waals surface area (Å²) in [6, 6.07) is 17.3. The number of hydrogen-bond donors (Lipinski definition) is 9. The molecule has 15 nitrogen and oxygen atoms in total. The second kappa shape index (κ2) is 16.0. The number of thioether (sulfide) groups is 1. The zero-order valence-electron chi connectivity index (χ0n) is 25.2. The minimum absolute atomic E-state index is 0.0284. The van der Waals surface area contributed by atoms with E-state index in [1.807, 2.05) is 12.1 Å². The van der Waals surface area contributed by atoms with Crippen molar-refractivity contribution in [1.29, 1.82) is 0 Å². The minimum Gasteiger partial charge on any atom is -0.442 e. The molecule has 0 aliphatic carbocycles. The van der Waals surface area contributed by atoms with E-state index in [-0.39, 0.29) is 18.7 Å². The summed E-state index contributed by atoms with van der Waals surface area (Å²) in [4.78, 5) is 54.6. The van der Waals surface area contributed by atoms with Crippen molar-refractivity contribution in [3.05, 3.63) is 95.6 Å². The van der Waals surface area contributed by atoms with Crippen molar-refractivity contribution in [2.24, 2.45) is 11.6 Å². The van der Waals surface area contributed by atoms with Gasteiger partial charge in [0.05, 0.1) is 30.9 Å². The minimum atomic E-state index is -5.33. The molecule has 1 aliphatic rings. The topological polar surface area (TPSA) is 250 Å². The average Bonchev–Trinajstić information content (AvgIpc) is 3.43. The number of carbonyl (C=O) groups excluding carboxylic acids is 2. The maximum atomic E-state index is 15.2. The summed E-state index contributed by atoms with van der Waals surface area (Å²) < 4.78 is 43.5. The molecule has 2 unspecified atom stereocenters. The van der Waals surface area contributed by atoms with Crippen LogP contribution in [0.5, 0.6) is 0 Å². The van der Waals surface area contributed by atoms with Crippen molar-refractivity contribution in [2.75, 3.05) is 24.5 Å². The van der Waals surface area contributed by atoms with Gasteiger partial charge in [-0.25, -0.2) is 9.18 Å². The van der Waals surface area contributed by atoms with Gasteiger partial charge in [-0.05, 0) is 63.3 Å². The number of hydrazine groups is 1. The molecular weight excluding hydrogens is 689 g/mol. The van der Waals surface area contributed by atoms with Crippen LogP contribution in [0.1, 0.15) is 11.1 Å². The van der Waals surface area contributed by atoms with Crippen LogP contribution in [0.25, 0.3) is 11.1 Å². The lowest BCUT2D eigenvalue weighted by Gasteiger charge is -2.16. The third-order valence-electron chi connectivity index (χ3n) is 7.26. The Balaban J connectivity index is 1.28. The third-order valence-corrected chi connectivity index (χ3v) is 11.3. The monoisotopic (exact) mass is 723 g/mol. The lowest BCUT2D eigenvalue weighted by molar-refractivity contribution is 0.141. The number of amides is 2. The first-order chi connectivity index (χ1) is 22.7. The lowest BCUT2D eigenvalue weighted by Crippen LogP contribution is -2.32.